The van der Waals surface area contributed by atoms with E-state index < -0.39 is 0 Å². The smallest absolute Gasteiger partial charge is 0.317 e. The van der Waals surface area contributed by atoms with Gasteiger partial charge in [0.1, 0.15) is 0 Å². The predicted octanol–water partition coefficient (Wildman–Crippen LogP) is 2.32. The minimum atomic E-state index is -0.0782. The summed E-state index contributed by atoms with van der Waals surface area (Å²) in [5, 5.41) is 2.97. The number of urea groups is 1. The van der Waals surface area contributed by atoms with Gasteiger partial charge in [-0.1, -0.05) is 12.1 Å². The molecule has 1 aromatic rings. The third-order valence-corrected chi connectivity index (χ3v) is 4.31. The summed E-state index contributed by atoms with van der Waals surface area (Å²) < 4.78 is 0.818. The van der Waals surface area contributed by atoms with E-state index in [0.717, 1.165) is 17.3 Å². The van der Waals surface area contributed by atoms with Crippen LogP contribution in [0.5, 0.6) is 0 Å². The standard InChI is InChI=1S/C15H20BrN3O2/c1-18(2)15(21)17-11-7-9-19(10-8-11)14(20)12-5-3-4-6-13(12)16/h3-6,11H,7-10H2,1-2H3,(H,17,21). The Labute approximate surface area is 133 Å². The van der Waals surface area contributed by atoms with Crippen molar-refractivity contribution in [2.45, 2.75) is 18.9 Å². The van der Waals surface area contributed by atoms with E-state index in [1.54, 1.807) is 14.1 Å². The number of likely N-dealkylation sites (tertiary alicyclic amines) is 1. The van der Waals surface area contributed by atoms with E-state index in [0.29, 0.717) is 18.7 Å². The van der Waals surface area contributed by atoms with Gasteiger partial charge in [-0.3, -0.25) is 4.79 Å². The number of hydrogen-bond donors (Lipinski definition) is 1. The molecule has 1 heterocycles. The maximum atomic E-state index is 12.5. The van der Waals surface area contributed by atoms with Crippen LogP contribution in [0.1, 0.15) is 23.2 Å². The van der Waals surface area contributed by atoms with Gasteiger partial charge in [-0.05, 0) is 40.9 Å². The molecule has 0 saturated carbocycles. The first-order chi connectivity index (χ1) is 9.99. The molecule has 0 aliphatic carbocycles. The Bertz CT molecular complexity index is 525. The second kappa shape index (κ2) is 6.93. The van der Waals surface area contributed by atoms with Gasteiger partial charge in [-0.15, -0.1) is 0 Å². The van der Waals surface area contributed by atoms with E-state index in [2.05, 4.69) is 21.2 Å². The van der Waals surface area contributed by atoms with Crippen molar-refractivity contribution < 1.29 is 9.59 Å². The number of piperidine rings is 1. The summed E-state index contributed by atoms with van der Waals surface area (Å²) in [6, 6.07) is 7.52. The van der Waals surface area contributed by atoms with Gasteiger partial charge in [0, 0.05) is 37.7 Å². The molecular formula is C15H20BrN3O2. The van der Waals surface area contributed by atoms with E-state index in [9.17, 15) is 9.59 Å². The van der Waals surface area contributed by atoms with Gasteiger partial charge >= 0.3 is 6.03 Å². The highest BCUT2D eigenvalue weighted by molar-refractivity contribution is 9.10. The molecule has 3 amide bonds. The molecule has 2 rings (SSSR count). The van der Waals surface area contributed by atoms with Crippen molar-refractivity contribution in [3.8, 4) is 0 Å². The number of carbonyl (C=O) groups excluding carboxylic acids is 2. The molecule has 21 heavy (non-hydrogen) atoms. The van der Waals surface area contributed by atoms with Crippen molar-refractivity contribution in [2.75, 3.05) is 27.2 Å². The number of halogens is 1. The fourth-order valence-electron chi connectivity index (χ4n) is 2.34. The molecule has 0 radical (unpaired) electrons. The van der Waals surface area contributed by atoms with Crippen LogP contribution >= 0.6 is 15.9 Å². The fraction of sp³-hybridized carbons (Fsp3) is 0.467. The summed E-state index contributed by atoms with van der Waals surface area (Å²) in [5.41, 5.74) is 0.688. The third-order valence-electron chi connectivity index (χ3n) is 3.62. The molecule has 0 atom stereocenters. The number of nitrogens with zero attached hydrogens (tertiary/aromatic N) is 2. The highest BCUT2D eigenvalue weighted by Crippen LogP contribution is 2.20. The zero-order valence-electron chi connectivity index (χ0n) is 12.3. The quantitative estimate of drug-likeness (QED) is 0.886. The van der Waals surface area contributed by atoms with Gasteiger partial charge in [-0.2, -0.15) is 0 Å². The van der Waals surface area contributed by atoms with Crippen molar-refractivity contribution in [3.63, 3.8) is 0 Å². The molecule has 1 aliphatic rings. The molecule has 6 heteroatoms. The minimum Gasteiger partial charge on any atom is -0.338 e. The van der Waals surface area contributed by atoms with Crippen molar-refractivity contribution in [1.29, 1.82) is 0 Å². The van der Waals surface area contributed by atoms with Gasteiger partial charge in [-0.25, -0.2) is 4.79 Å². The number of amides is 3. The molecule has 1 fully saturated rings. The van der Waals surface area contributed by atoms with Crippen LogP contribution in [0.3, 0.4) is 0 Å². The van der Waals surface area contributed by atoms with Crippen LogP contribution in [0.4, 0.5) is 4.79 Å². The zero-order chi connectivity index (χ0) is 15.4. The maximum Gasteiger partial charge on any atom is 0.317 e. The van der Waals surface area contributed by atoms with Crippen LogP contribution in [-0.2, 0) is 0 Å². The molecule has 1 aliphatic heterocycles. The zero-order valence-corrected chi connectivity index (χ0v) is 13.9. The van der Waals surface area contributed by atoms with Crippen LogP contribution in [0.2, 0.25) is 0 Å². The van der Waals surface area contributed by atoms with Crippen LogP contribution in [0.15, 0.2) is 28.7 Å². The molecule has 0 aromatic heterocycles. The van der Waals surface area contributed by atoms with Gasteiger partial charge in [0.25, 0.3) is 5.91 Å². The van der Waals surface area contributed by atoms with Gasteiger partial charge in [0.2, 0.25) is 0 Å². The molecular weight excluding hydrogens is 334 g/mol. The number of nitrogens with one attached hydrogen (secondary N) is 1. The average molecular weight is 354 g/mol. The number of benzene rings is 1. The number of hydrogen-bond acceptors (Lipinski definition) is 2. The average Bonchev–Trinajstić information content (AvgIpc) is 2.47. The Morgan fingerprint density at radius 2 is 1.86 bits per heavy atom. The Balaban J connectivity index is 1.91. The first kappa shape index (κ1) is 15.8. The lowest BCUT2D eigenvalue weighted by Gasteiger charge is -2.33. The van der Waals surface area contributed by atoms with Crippen molar-refractivity contribution in [1.82, 2.24) is 15.1 Å². The highest BCUT2D eigenvalue weighted by Gasteiger charge is 2.25. The summed E-state index contributed by atoms with van der Waals surface area (Å²) in [4.78, 5) is 27.5. The van der Waals surface area contributed by atoms with E-state index in [1.165, 1.54) is 4.90 Å². The largest absolute Gasteiger partial charge is 0.338 e. The SMILES string of the molecule is CN(C)C(=O)NC1CCN(C(=O)c2ccccc2Br)CC1. The Morgan fingerprint density at radius 3 is 2.43 bits per heavy atom. The fourth-order valence-corrected chi connectivity index (χ4v) is 2.79. The van der Waals surface area contributed by atoms with Gasteiger partial charge in [0.05, 0.1) is 5.56 Å². The van der Waals surface area contributed by atoms with Crippen molar-refractivity contribution in [3.05, 3.63) is 34.3 Å². The monoisotopic (exact) mass is 353 g/mol. The number of rotatable bonds is 2. The molecule has 0 bridgehead atoms. The van der Waals surface area contributed by atoms with Crippen LogP contribution in [-0.4, -0.2) is 55.0 Å². The minimum absolute atomic E-state index is 0.0415. The molecule has 1 aromatic carbocycles. The Hall–Kier alpha value is -1.56. The van der Waals surface area contributed by atoms with Crippen LogP contribution in [0, 0.1) is 0 Å². The first-order valence-electron chi connectivity index (χ1n) is 7.00. The summed E-state index contributed by atoms with van der Waals surface area (Å²) in [6.07, 6.45) is 1.57. The predicted molar refractivity (Wildman–Crippen MR) is 85.3 cm³/mol. The normalized spacial score (nSPS) is 15.7. The molecule has 1 N–H and O–H groups in total. The van der Waals surface area contributed by atoms with Crippen LogP contribution in [0.25, 0.3) is 0 Å². The van der Waals surface area contributed by atoms with E-state index in [-0.39, 0.29) is 18.0 Å². The third kappa shape index (κ3) is 3.97. The number of carbonyl (C=O) groups is 2. The molecule has 1 saturated heterocycles. The summed E-state index contributed by atoms with van der Waals surface area (Å²) >= 11 is 3.41. The second-order valence-electron chi connectivity index (χ2n) is 5.39. The Kier molecular flexibility index (Phi) is 5.22. The maximum absolute atomic E-state index is 12.5. The van der Waals surface area contributed by atoms with Gasteiger partial charge < -0.3 is 15.1 Å². The van der Waals surface area contributed by atoms with Crippen LogP contribution < -0.4 is 5.32 Å². The molecule has 0 spiro atoms. The van der Waals surface area contributed by atoms with E-state index >= 15 is 0 Å². The first-order valence-corrected chi connectivity index (χ1v) is 7.80. The topological polar surface area (TPSA) is 52.7 Å². The van der Waals surface area contributed by atoms with Gasteiger partial charge in [0.15, 0.2) is 0 Å². The lowest BCUT2D eigenvalue weighted by Crippen LogP contribution is -2.48. The van der Waals surface area contributed by atoms with E-state index in [1.807, 2.05) is 29.2 Å². The summed E-state index contributed by atoms with van der Waals surface area (Å²) in [7, 11) is 3.45. The Morgan fingerprint density at radius 1 is 1.24 bits per heavy atom. The second-order valence-corrected chi connectivity index (χ2v) is 6.24. The molecule has 0 unspecified atom stereocenters. The molecule has 114 valence electrons. The van der Waals surface area contributed by atoms with Crippen molar-refractivity contribution in [2.24, 2.45) is 0 Å². The summed E-state index contributed by atoms with van der Waals surface area (Å²) in [6.45, 7) is 1.33. The molecule has 5 nitrogen and oxygen atoms in total. The highest BCUT2D eigenvalue weighted by atomic mass is 79.9. The van der Waals surface area contributed by atoms with Crippen molar-refractivity contribution >= 4 is 27.9 Å². The summed E-state index contributed by atoms with van der Waals surface area (Å²) in [5.74, 6) is 0.0415. The lowest BCUT2D eigenvalue weighted by atomic mass is 10.0. The van der Waals surface area contributed by atoms with E-state index in [4.69, 9.17) is 0 Å². The lowest BCUT2D eigenvalue weighted by molar-refractivity contribution is 0.0706.